The summed E-state index contributed by atoms with van der Waals surface area (Å²) >= 11 is 0. The standard InChI is InChI=1S/C20H29NO5/c1-12(2)9-10-26-17-8-5-14(11-18(17)25-4)13(3)21-19(22)15-6-7-16(15)20(23)24/h5,8,11-13,15-16H,6-7,9-10H2,1-4H3,(H,21,22)(H,23,24). The van der Waals surface area contributed by atoms with Crippen molar-refractivity contribution in [1.29, 1.82) is 0 Å². The first-order chi connectivity index (χ1) is 12.3. The van der Waals surface area contributed by atoms with Gasteiger partial charge in [-0.2, -0.15) is 0 Å². The van der Waals surface area contributed by atoms with Crippen molar-refractivity contribution in [2.45, 2.75) is 46.1 Å². The van der Waals surface area contributed by atoms with Gasteiger partial charge >= 0.3 is 5.97 Å². The second kappa shape index (κ2) is 8.92. The van der Waals surface area contributed by atoms with Crippen LogP contribution >= 0.6 is 0 Å². The van der Waals surface area contributed by atoms with Crippen LogP contribution in [0.4, 0.5) is 0 Å². The lowest BCUT2D eigenvalue weighted by atomic mass is 9.73. The maximum atomic E-state index is 12.3. The summed E-state index contributed by atoms with van der Waals surface area (Å²) in [7, 11) is 1.59. The van der Waals surface area contributed by atoms with E-state index in [2.05, 4.69) is 19.2 Å². The molecule has 1 aliphatic rings. The normalized spacial score (nSPS) is 20.2. The molecule has 1 amide bonds. The molecule has 0 bridgehead atoms. The second-order valence-electron chi connectivity index (χ2n) is 7.30. The first-order valence-electron chi connectivity index (χ1n) is 9.17. The van der Waals surface area contributed by atoms with Gasteiger partial charge in [-0.05, 0) is 49.8 Å². The maximum absolute atomic E-state index is 12.3. The highest BCUT2D eigenvalue weighted by Crippen LogP contribution is 2.35. The molecule has 1 aromatic rings. The van der Waals surface area contributed by atoms with Gasteiger partial charge in [-0.25, -0.2) is 0 Å². The van der Waals surface area contributed by atoms with E-state index in [4.69, 9.17) is 14.6 Å². The quantitative estimate of drug-likeness (QED) is 0.702. The van der Waals surface area contributed by atoms with Gasteiger partial charge in [-0.15, -0.1) is 0 Å². The topological polar surface area (TPSA) is 84.9 Å². The zero-order valence-corrected chi connectivity index (χ0v) is 16.0. The van der Waals surface area contributed by atoms with Crippen molar-refractivity contribution < 1.29 is 24.2 Å². The molecule has 2 N–H and O–H groups in total. The fourth-order valence-electron chi connectivity index (χ4n) is 2.99. The van der Waals surface area contributed by atoms with E-state index >= 15 is 0 Å². The summed E-state index contributed by atoms with van der Waals surface area (Å²) in [6, 6.07) is 5.36. The molecule has 1 saturated carbocycles. The predicted molar refractivity (Wildman–Crippen MR) is 98.4 cm³/mol. The van der Waals surface area contributed by atoms with Crippen LogP contribution in [0.1, 0.15) is 51.6 Å². The van der Waals surface area contributed by atoms with Gasteiger partial charge in [0.25, 0.3) is 0 Å². The monoisotopic (exact) mass is 363 g/mol. The predicted octanol–water partition coefficient (Wildman–Crippen LogP) is 3.41. The number of amides is 1. The fourth-order valence-corrected chi connectivity index (χ4v) is 2.99. The average molecular weight is 363 g/mol. The SMILES string of the molecule is COc1cc(C(C)NC(=O)C2CCC2C(=O)O)ccc1OCCC(C)C. The van der Waals surface area contributed by atoms with E-state index in [-0.39, 0.29) is 11.9 Å². The van der Waals surface area contributed by atoms with Crippen LogP contribution in [0.5, 0.6) is 11.5 Å². The van der Waals surface area contributed by atoms with Crippen molar-refractivity contribution in [2.75, 3.05) is 13.7 Å². The van der Waals surface area contributed by atoms with Gasteiger partial charge in [0.05, 0.1) is 31.6 Å². The first-order valence-corrected chi connectivity index (χ1v) is 9.17. The Balaban J connectivity index is 1.99. The average Bonchev–Trinajstić information content (AvgIpc) is 2.52. The minimum absolute atomic E-state index is 0.202. The molecule has 0 aliphatic heterocycles. The number of carboxylic acids is 1. The summed E-state index contributed by atoms with van der Waals surface area (Å²) in [6.45, 7) is 6.79. The van der Waals surface area contributed by atoms with Gasteiger partial charge in [0, 0.05) is 0 Å². The van der Waals surface area contributed by atoms with E-state index in [1.54, 1.807) is 7.11 Å². The molecule has 3 unspecified atom stereocenters. The van der Waals surface area contributed by atoms with Crippen LogP contribution in [-0.2, 0) is 9.59 Å². The number of benzene rings is 1. The van der Waals surface area contributed by atoms with Crippen LogP contribution in [0.2, 0.25) is 0 Å². The Morgan fingerprint density at radius 1 is 1.19 bits per heavy atom. The largest absolute Gasteiger partial charge is 0.493 e. The highest BCUT2D eigenvalue weighted by atomic mass is 16.5. The third-order valence-corrected chi connectivity index (χ3v) is 4.93. The van der Waals surface area contributed by atoms with Crippen LogP contribution in [0.25, 0.3) is 0 Å². The van der Waals surface area contributed by atoms with Crippen molar-refractivity contribution >= 4 is 11.9 Å². The number of hydrogen-bond acceptors (Lipinski definition) is 4. The molecule has 2 rings (SSSR count). The van der Waals surface area contributed by atoms with Gasteiger partial charge in [-0.1, -0.05) is 19.9 Å². The Morgan fingerprint density at radius 2 is 1.88 bits per heavy atom. The minimum Gasteiger partial charge on any atom is -0.493 e. The van der Waals surface area contributed by atoms with Crippen molar-refractivity contribution in [2.24, 2.45) is 17.8 Å². The number of methoxy groups -OCH3 is 1. The number of aliphatic carboxylic acids is 1. The van der Waals surface area contributed by atoms with Crippen LogP contribution < -0.4 is 14.8 Å². The first kappa shape index (κ1) is 20.1. The maximum Gasteiger partial charge on any atom is 0.307 e. The summed E-state index contributed by atoms with van der Waals surface area (Å²) < 4.78 is 11.2. The summed E-state index contributed by atoms with van der Waals surface area (Å²) in [5.74, 6) is -0.221. The van der Waals surface area contributed by atoms with Gasteiger partial charge in [0.1, 0.15) is 0 Å². The lowest BCUT2D eigenvalue weighted by molar-refractivity contribution is -0.152. The number of carbonyl (C=O) groups is 2. The lowest BCUT2D eigenvalue weighted by Crippen LogP contribution is -2.44. The molecule has 0 heterocycles. The molecule has 1 aromatic carbocycles. The molecule has 0 radical (unpaired) electrons. The molecule has 144 valence electrons. The number of rotatable bonds is 9. The third-order valence-electron chi connectivity index (χ3n) is 4.93. The molecule has 0 saturated heterocycles. The van der Waals surface area contributed by atoms with E-state index in [0.29, 0.717) is 36.9 Å². The number of hydrogen-bond donors (Lipinski definition) is 2. The van der Waals surface area contributed by atoms with Crippen molar-refractivity contribution in [1.82, 2.24) is 5.32 Å². The number of ether oxygens (including phenoxy) is 2. The molecule has 1 fully saturated rings. The van der Waals surface area contributed by atoms with Crippen LogP contribution in [0.3, 0.4) is 0 Å². The molecular formula is C20H29NO5. The van der Waals surface area contributed by atoms with E-state index < -0.39 is 17.8 Å². The van der Waals surface area contributed by atoms with Crippen molar-refractivity contribution in [3.8, 4) is 11.5 Å². The highest BCUT2D eigenvalue weighted by Gasteiger charge is 2.41. The Bertz CT molecular complexity index is 643. The van der Waals surface area contributed by atoms with Crippen molar-refractivity contribution in [3.63, 3.8) is 0 Å². The second-order valence-corrected chi connectivity index (χ2v) is 7.30. The molecule has 6 nitrogen and oxygen atoms in total. The summed E-state index contributed by atoms with van der Waals surface area (Å²) in [4.78, 5) is 23.4. The zero-order valence-electron chi connectivity index (χ0n) is 16.0. The summed E-state index contributed by atoms with van der Waals surface area (Å²) in [5.41, 5.74) is 0.887. The van der Waals surface area contributed by atoms with Crippen molar-refractivity contribution in [3.05, 3.63) is 23.8 Å². The Kier molecular flexibility index (Phi) is 6.89. The fraction of sp³-hybridized carbons (Fsp3) is 0.600. The van der Waals surface area contributed by atoms with E-state index in [0.717, 1.165) is 12.0 Å². The minimum atomic E-state index is -0.895. The number of nitrogens with one attached hydrogen (secondary N) is 1. The van der Waals surface area contributed by atoms with Crippen LogP contribution in [-0.4, -0.2) is 30.7 Å². The van der Waals surface area contributed by atoms with Gasteiger partial charge < -0.3 is 19.9 Å². The molecule has 6 heteroatoms. The smallest absolute Gasteiger partial charge is 0.307 e. The Labute approximate surface area is 154 Å². The van der Waals surface area contributed by atoms with Crippen LogP contribution in [0.15, 0.2) is 18.2 Å². The van der Waals surface area contributed by atoms with E-state index in [1.807, 2.05) is 25.1 Å². The number of carboxylic acid groups (broad SMARTS) is 1. The zero-order chi connectivity index (χ0) is 19.3. The summed E-state index contributed by atoms with van der Waals surface area (Å²) in [6.07, 6.45) is 2.16. The molecular weight excluding hydrogens is 334 g/mol. The van der Waals surface area contributed by atoms with Gasteiger partial charge in [0.15, 0.2) is 11.5 Å². The lowest BCUT2D eigenvalue weighted by Gasteiger charge is -2.33. The third kappa shape index (κ3) is 4.90. The molecule has 0 spiro atoms. The van der Waals surface area contributed by atoms with E-state index in [9.17, 15) is 9.59 Å². The molecule has 1 aliphatic carbocycles. The van der Waals surface area contributed by atoms with Crippen LogP contribution in [0, 0.1) is 17.8 Å². The molecule has 26 heavy (non-hydrogen) atoms. The molecule has 3 atom stereocenters. The van der Waals surface area contributed by atoms with Gasteiger partial charge in [-0.3, -0.25) is 9.59 Å². The Hall–Kier alpha value is -2.24. The highest BCUT2D eigenvalue weighted by molar-refractivity contribution is 5.86. The number of carbonyl (C=O) groups excluding carboxylic acids is 1. The Morgan fingerprint density at radius 3 is 2.42 bits per heavy atom. The van der Waals surface area contributed by atoms with Gasteiger partial charge in [0.2, 0.25) is 5.91 Å². The molecule has 0 aromatic heterocycles. The van der Waals surface area contributed by atoms with E-state index in [1.165, 1.54) is 0 Å². The summed E-state index contributed by atoms with van der Waals surface area (Å²) in [5, 5.41) is 12.0.